The number of nitrogens with zero attached hydrogens (tertiary/aromatic N) is 2. The van der Waals surface area contributed by atoms with Gasteiger partial charge in [0.25, 0.3) is 0 Å². The molecule has 0 bridgehead atoms. The van der Waals surface area contributed by atoms with Crippen LogP contribution in [0.15, 0.2) is 71.8 Å². The van der Waals surface area contributed by atoms with Gasteiger partial charge in [-0.25, -0.2) is 4.98 Å². The first-order valence-corrected chi connectivity index (χ1v) is 9.92. The number of rotatable bonds is 6. The average Bonchev–Trinajstić information content (AvgIpc) is 2.74. The number of amides is 1. The molecule has 0 aliphatic heterocycles. The van der Waals surface area contributed by atoms with E-state index < -0.39 is 17.3 Å². The molecule has 0 saturated carbocycles. The molecule has 0 radical (unpaired) electrons. The van der Waals surface area contributed by atoms with Crippen LogP contribution >= 0.6 is 11.8 Å². The van der Waals surface area contributed by atoms with Crippen LogP contribution < -0.4 is 5.32 Å². The summed E-state index contributed by atoms with van der Waals surface area (Å²) in [5, 5.41) is 12.0. The topological polar surface area (TPSA) is 65.8 Å². The van der Waals surface area contributed by atoms with Gasteiger partial charge >= 0.3 is 6.18 Å². The molecular weight excluding hydrogens is 411 g/mol. The third-order valence-corrected chi connectivity index (χ3v) is 5.08. The maximum Gasteiger partial charge on any atom is 0.417 e. The lowest BCUT2D eigenvalue weighted by Gasteiger charge is -2.14. The van der Waals surface area contributed by atoms with Crippen molar-refractivity contribution in [3.63, 3.8) is 0 Å². The Morgan fingerprint density at radius 1 is 1.07 bits per heavy atom. The summed E-state index contributed by atoms with van der Waals surface area (Å²) in [6, 6.07) is 19.8. The van der Waals surface area contributed by atoms with Crippen molar-refractivity contribution in [3.05, 3.63) is 77.9 Å². The quantitative estimate of drug-likeness (QED) is 0.508. The molecule has 0 aliphatic carbocycles. The zero-order chi connectivity index (χ0) is 21.6. The minimum atomic E-state index is -4.70. The number of thioether (sulfide) groups is 1. The van der Waals surface area contributed by atoms with Crippen LogP contribution in [0.1, 0.15) is 17.5 Å². The van der Waals surface area contributed by atoms with E-state index >= 15 is 0 Å². The van der Waals surface area contributed by atoms with E-state index in [0.29, 0.717) is 11.3 Å². The largest absolute Gasteiger partial charge is 0.417 e. The maximum atomic E-state index is 13.6. The van der Waals surface area contributed by atoms with Gasteiger partial charge in [-0.1, -0.05) is 48.5 Å². The standard InChI is InChI=1S/C22H16F3N3OS/c23-22(24,25)18-13-19(15-7-3-1-4-8-15)28-21(17(18)14-26)30-12-11-20(29)27-16-9-5-2-6-10-16/h1-10,13H,11-12H2,(H,27,29). The summed E-state index contributed by atoms with van der Waals surface area (Å²) in [7, 11) is 0. The van der Waals surface area contributed by atoms with Crippen LogP contribution in [0.25, 0.3) is 11.3 Å². The van der Waals surface area contributed by atoms with Crippen LogP contribution in [-0.4, -0.2) is 16.6 Å². The fraction of sp³-hybridized carbons (Fsp3) is 0.136. The van der Waals surface area contributed by atoms with Gasteiger partial charge in [-0.05, 0) is 18.2 Å². The first kappa shape index (κ1) is 21.4. The van der Waals surface area contributed by atoms with Crippen LogP contribution in [-0.2, 0) is 11.0 Å². The summed E-state index contributed by atoms with van der Waals surface area (Å²) < 4.78 is 40.7. The van der Waals surface area contributed by atoms with Crippen LogP contribution in [0.3, 0.4) is 0 Å². The Morgan fingerprint density at radius 3 is 2.30 bits per heavy atom. The summed E-state index contributed by atoms with van der Waals surface area (Å²) in [4.78, 5) is 16.4. The van der Waals surface area contributed by atoms with E-state index in [4.69, 9.17) is 0 Å². The van der Waals surface area contributed by atoms with Crippen LogP contribution in [0.2, 0.25) is 0 Å². The zero-order valence-electron chi connectivity index (χ0n) is 15.6. The fourth-order valence-corrected chi connectivity index (χ4v) is 3.64. The molecule has 0 unspecified atom stereocenters. The molecule has 0 spiro atoms. The van der Waals surface area contributed by atoms with E-state index in [-0.39, 0.29) is 28.8 Å². The Morgan fingerprint density at radius 2 is 1.70 bits per heavy atom. The van der Waals surface area contributed by atoms with E-state index in [0.717, 1.165) is 17.8 Å². The molecule has 1 N–H and O–H groups in total. The van der Waals surface area contributed by atoms with Gasteiger partial charge in [-0.15, -0.1) is 11.8 Å². The molecular formula is C22H16F3N3OS. The number of hydrogen-bond donors (Lipinski definition) is 1. The molecule has 1 amide bonds. The maximum absolute atomic E-state index is 13.6. The van der Waals surface area contributed by atoms with Crippen molar-refractivity contribution >= 4 is 23.4 Å². The third kappa shape index (κ3) is 5.39. The van der Waals surface area contributed by atoms with Crippen LogP contribution in [0.5, 0.6) is 0 Å². The van der Waals surface area contributed by atoms with Crippen LogP contribution in [0, 0.1) is 11.3 Å². The van der Waals surface area contributed by atoms with Gasteiger partial charge in [0.1, 0.15) is 11.1 Å². The second kappa shape index (κ2) is 9.46. The second-order valence-electron chi connectivity index (χ2n) is 6.22. The highest BCUT2D eigenvalue weighted by molar-refractivity contribution is 7.99. The van der Waals surface area contributed by atoms with E-state index in [1.54, 1.807) is 60.7 Å². The number of nitrogens with one attached hydrogen (secondary N) is 1. The Bertz CT molecular complexity index is 1060. The Hall–Kier alpha value is -3.31. The molecule has 1 heterocycles. The zero-order valence-corrected chi connectivity index (χ0v) is 16.4. The number of halogens is 3. The van der Waals surface area contributed by atoms with Crippen molar-refractivity contribution in [2.75, 3.05) is 11.1 Å². The lowest BCUT2D eigenvalue weighted by molar-refractivity contribution is -0.138. The van der Waals surface area contributed by atoms with Crippen molar-refractivity contribution in [1.29, 1.82) is 5.26 Å². The number of nitriles is 1. The summed E-state index contributed by atoms with van der Waals surface area (Å²) in [5.74, 6) is -0.0990. The lowest BCUT2D eigenvalue weighted by atomic mass is 10.1. The predicted octanol–water partition coefficient (Wildman–Crippen LogP) is 5.76. The number of carbonyl (C=O) groups is 1. The molecule has 152 valence electrons. The summed E-state index contributed by atoms with van der Waals surface area (Å²) in [6.45, 7) is 0. The van der Waals surface area contributed by atoms with Crippen molar-refractivity contribution in [2.24, 2.45) is 0 Å². The Balaban J connectivity index is 1.82. The van der Waals surface area contributed by atoms with E-state index in [1.807, 2.05) is 6.07 Å². The molecule has 8 heteroatoms. The molecule has 0 atom stereocenters. The van der Waals surface area contributed by atoms with Gasteiger partial charge in [0, 0.05) is 23.4 Å². The SMILES string of the molecule is N#Cc1c(C(F)(F)F)cc(-c2ccccc2)nc1SCCC(=O)Nc1ccccc1. The van der Waals surface area contributed by atoms with Gasteiger partial charge in [-0.3, -0.25) is 4.79 Å². The number of carbonyl (C=O) groups excluding carboxylic acids is 1. The number of pyridine rings is 1. The van der Waals surface area contributed by atoms with Gasteiger partial charge in [0.2, 0.25) is 5.91 Å². The number of hydrogen-bond acceptors (Lipinski definition) is 4. The van der Waals surface area contributed by atoms with E-state index in [9.17, 15) is 23.2 Å². The molecule has 3 rings (SSSR count). The van der Waals surface area contributed by atoms with E-state index in [1.165, 1.54) is 0 Å². The molecule has 4 nitrogen and oxygen atoms in total. The molecule has 3 aromatic rings. The van der Waals surface area contributed by atoms with Crippen molar-refractivity contribution < 1.29 is 18.0 Å². The van der Waals surface area contributed by atoms with Gasteiger partial charge < -0.3 is 5.32 Å². The number of benzene rings is 2. The minimum absolute atomic E-state index is 0.0429. The Labute approximate surface area is 175 Å². The summed E-state index contributed by atoms with van der Waals surface area (Å²) in [5.41, 5.74) is -0.297. The normalized spacial score (nSPS) is 11.0. The highest BCUT2D eigenvalue weighted by Gasteiger charge is 2.36. The monoisotopic (exact) mass is 427 g/mol. The molecule has 0 aliphatic rings. The average molecular weight is 427 g/mol. The van der Waals surface area contributed by atoms with E-state index in [2.05, 4.69) is 10.3 Å². The Kier molecular flexibility index (Phi) is 6.75. The molecule has 2 aromatic carbocycles. The van der Waals surface area contributed by atoms with Gasteiger partial charge in [-0.2, -0.15) is 18.4 Å². The van der Waals surface area contributed by atoms with Crippen LogP contribution in [0.4, 0.5) is 18.9 Å². The number of anilines is 1. The van der Waals surface area contributed by atoms with Gasteiger partial charge in [0.05, 0.1) is 16.8 Å². The minimum Gasteiger partial charge on any atom is -0.326 e. The third-order valence-electron chi connectivity index (χ3n) is 4.10. The molecule has 1 aromatic heterocycles. The highest BCUT2D eigenvalue weighted by atomic mass is 32.2. The fourth-order valence-electron chi connectivity index (χ4n) is 2.70. The first-order valence-electron chi connectivity index (χ1n) is 8.94. The lowest BCUT2D eigenvalue weighted by Crippen LogP contribution is -2.13. The smallest absolute Gasteiger partial charge is 0.326 e. The van der Waals surface area contributed by atoms with Gasteiger partial charge in [0.15, 0.2) is 0 Å². The second-order valence-corrected chi connectivity index (χ2v) is 7.31. The van der Waals surface area contributed by atoms with Crippen molar-refractivity contribution in [2.45, 2.75) is 17.6 Å². The molecule has 0 fully saturated rings. The summed E-state index contributed by atoms with van der Waals surface area (Å²) in [6.07, 6.45) is -4.64. The van der Waals surface area contributed by atoms with Crippen molar-refractivity contribution in [3.8, 4) is 17.3 Å². The molecule has 30 heavy (non-hydrogen) atoms. The van der Waals surface area contributed by atoms with Crippen molar-refractivity contribution in [1.82, 2.24) is 4.98 Å². The summed E-state index contributed by atoms with van der Waals surface area (Å²) >= 11 is 0.955. The number of alkyl halides is 3. The highest BCUT2D eigenvalue weighted by Crippen LogP contribution is 2.38. The number of aromatic nitrogens is 1. The molecule has 0 saturated heterocycles. The number of para-hydroxylation sites is 1. The predicted molar refractivity (Wildman–Crippen MR) is 110 cm³/mol. The first-order chi connectivity index (χ1) is 14.4.